The lowest BCUT2D eigenvalue weighted by molar-refractivity contribution is -0.197. The number of ether oxygens (including phenoxy) is 4. The standard InChI is InChI=1S/C10H17BrO4/c1-3-10(2)14-7-5-12-9(4-11)13-6-8(7)15-10/h7-9H,3-6H2,1-2H3. The highest BCUT2D eigenvalue weighted by Gasteiger charge is 2.45. The van der Waals surface area contributed by atoms with E-state index in [9.17, 15) is 0 Å². The minimum Gasteiger partial charge on any atom is -0.349 e. The Morgan fingerprint density at radius 2 is 1.73 bits per heavy atom. The van der Waals surface area contributed by atoms with Gasteiger partial charge in [0.15, 0.2) is 12.1 Å². The Balaban J connectivity index is 1.96. The van der Waals surface area contributed by atoms with Gasteiger partial charge < -0.3 is 18.9 Å². The van der Waals surface area contributed by atoms with Crippen molar-refractivity contribution in [2.24, 2.45) is 0 Å². The zero-order chi connectivity index (χ0) is 10.9. The van der Waals surface area contributed by atoms with E-state index in [2.05, 4.69) is 15.9 Å². The van der Waals surface area contributed by atoms with Crippen LogP contribution in [0.1, 0.15) is 20.3 Å². The van der Waals surface area contributed by atoms with Gasteiger partial charge in [0.2, 0.25) is 0 Å². The van der Waals surface area contributed by atoms with Crippen LogP contribution in [0.2, 0.25) is 0 Å². The molecule has 2 aliphatic heterocycles. The molecule has 0 aromatic rings. The third kappa shape index (κ3) is 2.53. The quantitative estimate of drug-likeness (QED) is 0.721. The summed E-state index contributed by atoms with van der Waals surface area (Å²) in [5, 5.41) is 0.678. The molecule has 0 amide bonds. The molecule has 0 aromatic carbocycles. The van der Waals surface area contributed by atoms with Crippen LogP contribution in [0.25, 0.3) is 0 Å². The SMILES string of the molecule is CCC1(C)OC2COC(CBr)OCC2O1. The van der Waals surface area contributed by atoms with Gasteiger partial charge in [-0.05, 0) is 13.3 Å². The third-order valence-electron chi connectivity index (χ3n) is 2.88. The molecule has 5 heteroatoms. The van der Waals surface area contributed by atoms with Crippen molar-refractivity contribution in [2.45, 2.75) is 44.6 Å². The highest BCUT2D eigenvalue weighted by molar-refractivity contribution is 9.09. The summed E-state index contributed by atoms with van der Waals surface area (Å²) in [4.78, 5) is 0. The van der Waals surface area contributed by atoms with Gasteiger partial charge in [-0.25, -0.2) is 0 Å². The first-order valence-corrected chi connectivity index (χ1v) is 6.44. The largest absolute Gasteiger partial charge is 0.349 e. The van der Waals surface area contributed by atoms with E-state index < -0.39 is 5.79 Å². The molecule has 0 bridgehead atoms. The van der Waals surface area contributed by atoms with Crippen LogP contribution in [-0.2, 0) is 18.9 Å². The van der Waals surface area contributed by atoms with E-state index in [1.54, 1.807) is 0 Å². The molecule has 2 fully saturated rings. The fourth-order valence-corrected chi connectivity index (χ4v) is 2.18. The van der Waals surface area contributed by atoms with Gasteiger partial charge >= 0.3 is 0 Å². The lowest BCUT2D eigenvalue weighted by Gasteiger charge is -2.22. The van der Waals surface area contributed by atoms with Crippen molar-refractivity contribution in [1.82, 2.24) is 0 Å². The number of alkyl halides is 1. The monoisotopic (exact) mass is 280 g/mol. The van der Waals surface area contributed by atoms with Gasteiger partial charge in [-0.1, -0.05) is 22.9 Å². The Morgan fingerprint density at radius 3 is 2.13 bits per heavy atom. The van der Waals surface area contributed by atoms with Gasteiger partial charge in [-0.2, -0.15) is 0 Å². The summed E-state index contributed by atoms with van der Waals surface area (Å²) < 4.78 is 22.7. The van der Waals surface area contributed by atoms with Crippen molar-refractivity contribution < 1.29 is 18.9 Å². The van der Waals surface area contributed by atoms with Crippen molar-refractivity contribution in [3.63, 3.8) is 0 Å². The van der Waals surface area contributed by atoms with Crippen molar-refractivity contribution in [3.05, 3.63) is 0 Å². The van der Waals surface area contributed by atoms with Crippen molar-refractivity contribution in [3.8, 4) is 0 Å². The van der Waals surface area contributed by atoms with Gasteiger partial charge in [0, 0.05) is 0 Å². The first-order valence-electron chi connectivity index (χ1n) is 5.31. The maximum absolute atomic E-state index is 5.83. The molecule has 0 radical (unpaired) electrons. The molecular weight excluding hydrogens is 264 g/mol. The van der Waals surface area contributed by atoms with Crippen LogP contribution in [0.3, 0.4) is 0 Å². The summed E-state index contributed by atoms with van der Waals surface area (Å²) in [6.45, 7) is 5.09. The van der Waals surface area contributed by atoms with E-state index in [1.165, 1.54) is 0 Å². The van der Waals surface area contributed by atoms with Crippen LogP contribution in [0.15, 0.2) is 0 Å². The van der Waals surface area contributed by atoms with E-state index in [4.69, 9.17) is 18.9 Å². The lowest BCUT2D eigenvalue weighted by Crippen LogP contribution is -2.28. The Kier molecular flexibility index (Phi) is 3.67. The summed E-state index contributed by atoms with van der Waals surface area (Å²) in [5.74, 6) is -0.469. The molecule has 88 valence electrons. The zero-order valence-corrected chi connectivity index (χ0v) is 10.7. The molecule has 0 aromatic heterocycles. The van der Waals surface area contributed by atoms with Crippen LogP contribution in [0.4, 0.5) is 0 Å². The number of rotatable bonds is 2. The molecule has 0 N–H and O–H groups in total. The van der Waals surface area contributed by atoms with Gasteiger partial charge in [-0.15, -0.1) is 0 Å². The smallest absolute Gasteiger partial charge is 0.167 e. The third-order valence-corrected chi connectivity index (χ3v) is 3.41. The topological polar surface area (TPSA) is 36.9 Å². The summed E-state index contributed by atoms with van der Waals surface area (Å²) in [6, 6.07) is 0. The number of halogens is 1. The highest BCUT2D eigenvalue weighted by atomic mass is 79.9. The maximum atomic E-state index is 5.83. The second kappa shape index (κ2) is 4.67. The van der Waals surface area contributed by atoms with E-state index in [0.29, 0.717) is 18.5 Å². The zero-order valence-electron chi connectivity index (χ0n) is 9.07. The van der Waals surface area contributed by atoms with Crippen molar-refractivity contribution in [2.75, 3.05) is 18.5 Å². The number of fused-ring (bicyclic) bond motifs is 1. The van der Waals surface area contributed by atoms with Crippen LogP contribution < -0.4 is 0 Å². The first kappa shape index (κ1) is 11.8. The summed E-state index contributed by atoms with van der Waals surface area (Å²) in [5.41, 5.74) is 0. The summed E-state index contributed by atoms with van der Waals surface area (Å²) in [7, 11) is 0. The summed E-state index contributed by atoms with van der Waals surface area (Å²) in [6.07, 6.45) is 0.649. The second-order valence-electron chi connectivity index (χ2n) is 4.05. The molecule has 15 heavy (non-hydrogen) atoms. The van der Waals surface area contributed by atoms with Crippen molar-refractivity contribution >= 4 is 15.9 Å². The molecule has 0 spiro atoms. The van der Waals surface area contributed by atoms with Gasteiger partial charge in [-0.3, -0.25) is 0 Å². The van der Waals surface area contributed by atoms with Crippen molar-refractivity contribution in [1.29, 1.82) is 0 Å². The molecule has 2 heterocycles. The fourth-order valence-electron chi connectivity index (χ4n) is 1.81. The molecular formula is C10H17BrO4. The Labute approximate surface area is 98.3 Å². The fraction of sp³-hybridized carbons (Fsp3) is 1.00. The van der Waals surface area contributed by atoms with Crippen LogP contribution in [0.5, 0.6) is 0 Å². The van der Waals surface area contributed by atoms with Gasteiger partial charge in [0.05, 0.1) is 18.5 Å². The molecule has 0 saturated carbocycles. The average molecular weight is 281 g/mol. The Bertz CT molecular complexity index is 207. The summed E-state index contributed by atoms with van der Waals surface area (Å²) >= 11 is 3.33. The second-order valence-corrected chi connectivity index (χ2v) is 4.70. The van der Waals surface area contributed by atoms with Crippen LogP contribution in [0, 0.1) is 0 Å². The highest BCUT2D eigenvalue weighted by Crippen LogP contribution is 2.33. The average Bonchev–Trinajstić information content (AvgIpc) is 2.46. The Morgan fingerprint density at radius 1 is 1.20 bits per heavy atom. The predicted molar refractivity (Wildman–Crippen MR) is 57.9 cm³/mol. The van der Waals surface area contributed by atoms with Crippen LogP contribution >= 0.6 is 15.9 Å². The number of hydrogen-bond acceptors (Lipinski definition) is 4. The van der Waals surface area contributed by atoms with E-state index in [-0.39, 0.29) is 18.5 Å². The minimum absolute atomic E-state index is 0.000926. The molecule has 4 nitrogen and oxygen atoms in total. The van der Waals surface area contributed by atoms with Crippen LogP contribution in [-0.4, -0.2) is 42.8 Å². The van der Waals surface area contributed by atoms with E-state index in [0.717, 1.165) is 6.42 Å². The molecule has 2 unspecified atom stereocenters. The predicted octanol–water partition coefficient (Wildman–Crippen LogP) is 1.66. The van der Waals surface area contributed by atoms with E-state index in [1.807, 2.05) is 13.8 Å². The van der Waals surface area contributed by atoms with E-state index >= 15 is 0 Å². The molecule has 2 saturated heterocycles. The van der Waals surface area contributed by atoms with Gasteiger partial charge in [0.1, 0.15) is 12.2 Å². The minimum atomic E-state index is -0.469. The maximum Gasteiger partial charge on any atom is 0.167 e. The molecule has 2 aliphatic rings. The normalized spacial score (nSPS) is 46.2. The molecule has 0 aliphatic carbocycles. The first-order chi connectivity index (χ1) is 7.17. The Hall–Kier alpha value is 0.320. The molecule has 2 rings (SSSR count). The van der Waals surface area contributed by atoms with Gasteiger partial charge in [0.25, 0.3) is 0 Å². The number of hydrogen-bond donors (Lipinski definition) is 0. The lowest BCUT2D eigenvalue weighted by atomic mass is 10.2. The molecule has 2 atom stereocenters.